The van der Waals surface area contributed by atoms with Crippen molar-refractivity contribution in [2.24, 2.45) is 0 Å². The fraction of sp³-hybridized carbons (Fsp3) is 0.412. The molecule has 2 rings (SSSR count). The van der Waals surface area contributed by atoms with Crippen LogP contribution >= 0.6 is 23.1 Å². The summed E-state index contributed by atoms with van der Waals surface area (Å²) in [5, 5.41) is 5.05. The van der Waals surface area contributed by atoms with Crippen LogP contribution in [0.3, 0.4) is 0 Å². The molecule has 0 aliphatic heterocycles. The summed E-state index contributed by atoms with van der Waals surface area (Å²) in [7, 11) is 0. The summed E-state index contributed by atoms with van der Waals surface area (Å²) in [4.78, 5) is 16.7. The number of anilines is 1. The van der Waals surface area contributed by atoms with E-state index in [1.807, 2.05) is 32.0 Å². The van der Waals surface area contributed by atoms with E-state index in [0.717, 1.165) is 21.3 Å². The first-order chi connectivity index (χ1) is 10.3. The Hall–Kier alpha value is -1.33. The number of rotatable bonds is 4. The molecule has 1 amide bonds. The number of amides is 1. The van der Waals surface area contributed by atoms with Gasteiger partial charge in [-0.15, -0.1) is 11.3 Å². The standard InChI is InChI=1S/C17H22N2OS2/c1-11-7-6-8-13(12(11)2)18-15(20)10-22-16-19-14(9-21-16)17(3,4)5/h6-9H,10H2,1-5H3,(H,18,20). The number of aromatic nitrogens is 1. The maximum Gasteiger partial charge on any atom is 0.234 e. The van der Waals surface area contributed by atoms with Gasteiger partial charge in [0, 0.05) is 16.5 Å². The lowest BCUT2D eigenvalue weighted by molar-refractivity contribution is -0.113. The van der Waals surface area contributed by atoms with Gasteiger partial charge in [-0.1, -0.05) is 44.7 Å². The van der Waals surface area contributed by atoms with Gasteiger partial charge < -0.3 is 5.32 Å². The van der Waals surface area contributed by atoms with Gasteiger partial charge in [0.1, 0.15) is 0 Å². The number of carbonyl (C=O) groups excluding carboxylic acids is 1. The second-order valence-electron chi connectivity index (χ2n) is 6.33. The summed E-state index contributed by atoms with van der Waals surface area (Å²) in [6, 6.07) is 5.94. The highest BCUT2D eigenvalue weighted by molar-refractivity contribution is 8.01. The number of nitrogens with one attached hydrogen (secondary N) is 1. The fourth-order valence-corrected chi connectivity index (χ4v) is 3.72. The molecule has 0 saturated heterocycles. The summed E-state index contributed by atoms with van der Waals surface area (Å²) < 4.78 is 0.945. The van der Waals surface area contributed by atoms with Crippen LogP contribution in [-0.2, 0) is 10.2 Å². The van der Waals surface area contributed by atoms with Crippen molar-refractivity contribution in [1.29, 1.82) is 0 Å². The van der Waals surface area contributed by atoms with Gasteiger partial charge in [0.15, 0.2) is 4.34 Å². The van der Waals surface area contributed by atoms with Crippen LogP contribution in [-0.4, -0.2) is 16.6 Å². The molecule has 1 heterocycles. The van der Waals surface area contributed by atoms with Gasteiger partial charge in [0.2, 0.25) is 5.91 Å². The molecule has 0 radical (unpaired) electrons. The number of carbonyl (C=O) groups is 1. The number of thiazole rings is 1. The van der Waals surface area contributed by atoms with Gasteiger partial charge in [-0.25, -0.2) is 4.98 Å². The van der Waals surface area contributed by atoms with Crippen LogP contribution in [0.4, 0.5) is 5.69 Å². The summed E-state index contributed by atoms with van der Waals surface area (Å²) in [5.74, 6) is 0.385. The predicted octanol–water partition coefficient (Wildman–Crippen LogP) is 4.79. The van der Waals surface area contributed by atoms with Crippen molar-refractivity contribution < 1.29 is 4.79 Å². The van der Waals surface area contributed by atoms with Crippen molar-refractivity contribution in [3.8, 4) is 0 Å². The van der Waals surface area contributed by atoms with Gasteiger partial charge in [0.25, 0.3) is 0 Å². The molecule has 0 aliphatic rings. The van der Waals surface area contributed by atoms with Crippen LogP contribution in [0, 0.1) is 13.8 Å². The molecule has 2 aromatic rings. The highest BCUT2D eigenvalue weighted by atomic mass is 32.2. The third-order valence-corrected chi connectivity index (χ3v) is 5.48. The monoisotopic (exact) mass is 334 g/mol. The van der Waals surface area contributed by atoms with E-state index in [1.54, 1.807) is 11.3 Å². The SMILES string of the molecule is Cc1cccc(NC(=O)CSc2nc(C(C)(C)C)cs2)c1C. The van der Waals surface area contributed by atoms with Crippen molar-refractivity contribution in [1.82, 2.24) is 4.98 Å². The Kier molecular flexibility index (Phi) is 5.29. The van der Waals surface area contributed by atoms with Gasteiger partial charge >= 0.3 is 0 Å². The van der Waals surface area contributed by atoms with E-state index in [4.69, 9.17) is 0 Å². The average Bonchev–Trinajstić information content (AvgIpc) is 2.91. The van der Waals surface area contributed by atoms with E-state index >= 15 is 0 Å². The lowest BCUT2D eigenvalue weighted by atomic mass is 9.93. The molecule has 118 valence electrons. The summed E-state index contributed by atoms with van der Waals surface area (Å²) in [6.45, 7) is 10.5. The zero-order valence-corrected chi connectivity index (χ0v) is 15.3. The van der Waals surface area contributed by atoms with Gasteiger partial charge in [0.05, 0.1) is 11.4 Å². The molecular weight excluding hydrogens is 312 g/mol. The van der Waals surface area contributed by atoms with E-state index < -0.39 is 0 Å². The number of aryl methyl sites for hydroxylation is 1. The first-order valence-corrected chi connectivity index (χ1v) is 9.09. The minimum Gasteiger partial charge on any atom is -0.325 e. The minimum atomic E-state index is 0.00575. The molecule has 1 aromatic carbocycles. The van der Waals surface area contributed by atoms with Crippen LogP contribution in [0.5, 0.6) is 0 Å². The van der Waals surface area contributed by atoms with Crippen LogP contribution in [0.15, 0.2) is 27.9 Å². The normalized spacial score (nSPS) is 11.5. The molecule has 1 aromatic heterocycles. The van der Waals surface area contributed by atoms with E-state index in [1.165, 1.54) is 17.3 Å². The largest absolute Gasteiger partial charge is 0.325 e. The Morgan fingerprint density at radius 3 is 2.68 bits per heavy atom. The van der Waals surface area contributed by atoms with Crippen molar-refractivity contribution in [3.05, 3.63) is 40.4 Å². The molecule has 0 unspecified atom stereocenters. The van der Waals surface area contributed by atoms with Crippen molar-refractivity contribution in [2.75, 3.05) is 11.1 Å². The van der Waals surface area contributed by atoms with Gasteiger partial charge in [-0.3, -0.25) is 4.79 Å². The fourth-order valence-electron chi connectivity index (χ4n) is 1.87. The zero-order valence-electron chi connectivity index (χ0n) is 13.7. The zero-order chi connectivity index (χ0) is 16.3. The molecule has 3 nitrogen and oxygen atoms in total. The molecular formula is C17H22N2OS2. The molecule has 0 fully saturated rings. The lowest BCUT2D eigenvalue weighted by Crippen LogP contribution is -2.15. The molecule has 5 heteroatoms. The number of benzene rings is 1. The number of nitrogens with zero attached hydrogens (tertiary/aromatic N) is 1. The number of thioether (sulfide) groups is 1. The topological polar surface area (TPSA) is 42.0 Å². The molecule has 0 atom stereocenters. The van der Waals surface area contributed by atoms with E-state index in [0.29, 0.717) is 5.75 Å². The van der Waals surface area contributed by atoms with Crippen LogP contribution < -0.4 is 5.32 Å². The first kappa shape index (κ1) is 17.0. The second-order valence-corrected chi connectivity index (χ2v) is 8.41. The van der Waals surface area contributed by atoms with Gasteiger partial charge in [-0.05, 0) is 31.0 Å². The number of hydrogen-bond acceptors (Lipinski definition) is 4. The van der Waals surface area contributed by atoms with E-state index in [2.05, 4.69) is 36.5 Å². The average molecular weight is 335 g/mol. The van der Waals surface area contributed by atoms with Crippen LogP contribution in [0.1, 0.15) is 37.6 Å². The van der Waals surface area contributed by atoms with Gasteiger partial charge in [-0.2, -0.15) is 0 Å². The quantitative estimate of drug-likeness (QED) is 0.818. The Morgan fingerprint density at radius 2 is 2.05 bits per heavy atom. The molecule has 0 bridgehead atoms. The maximum absolute atomic E-state index is 12.1. The Balaban J connectivity index is 1.93. The molecule has 22 heavy (non-hydrogen) atoms. The maximum atomic E-state index is 12.1. The third kappa shape index (κ3) is 4.34. The molecule has 1 N–H and O–H groups in total. The first-order valence-electron chi connectivity index (χ1n) is 7.22. The molecule has 0 spiro atoms. The highest BCUT2D eigenvalue weighted by Crippen LogP contribution is 2.29. The summed E-state index contributed by atoms with van der Waals surface area (Å²) in [5.41, 5.74) is 4.32. The second kappa shape index (κ2) is 6.84. The minimum absolute atomic E-state index is 0.00575. The summed E-state index contributed by atoms with van der Waals surface area (Å²) in [6.07, 6.45) is 0. The van der Waals surface area contributed by atoms with Crippen molar-refractivity contribution in [3.63, 3.8) is 0 Å². The van der Waals surface area contributed by atoms with E-state index in [-0.39, 0.29) is 11.3 Å². The lowest BCUT2D eigenvalue weighted by Gasteiger charge is -2.14. The number of hydrogen-bond donors (Lipinski definition) is 1. The third-order valence-electron chi connectivity index (χ3n) is 3.46. The van der Waals surface area contributed by atoms with Crippen molar-refractivity contribution >= 4 is 34.7 Å². The van der Waals surface area contributed by atoms with Crippen LogP contribution in [0.25, 0.3) is 0 Å². The smallest absolute Gasteiger partial charge is 0.234 e. The Morgan fingerprint density at radius 1 is 1.32 bits per heavy atom. The Labute approximate surface area is 140 Å². The molecule has 0 aliphatic carbocycles. The highest BCUT2D eigenvalue weighted by Gasteiger charge is 2.18. The van der Waals surface area contributed by atoms with Crippen molar-refractivity contribution in [2.45, 2.75) is 44.4 Å². The molecule has 0 saturated carbocycles. The van der Waals surface area contributed by atoms with Crippen LogP contribution in [0.2, 0.25) is 0 Å². The summed E-state index contributed by atoms with van der Waals surface area (Å²) >= 11 is 3.09. The predicted molar refractivity (Wildman–Crippen MR) is 96.1 cm³/mol. The Bertz CT molecular complexity index is 672. The van der Waals surface area contributed by atoms with E-state index in [9.17, 15) is 4.79 Å².